The van der Waals surface area contributed by atoms with E-state index in [9.17, 15) is 0 Å². The fraction of sp³-hybridized carbons (Fsp3) is 0. The molecular formula is C55H36N4SSi. The van der Waals surface area contributed by atoms with Crippen molar-refractivity contribution in [2.24, 2.45) is 0 Å². The molecule has 0 amide bonds. The molecule has 0 N–H and O–H groups in total. The van der Waals surface area contributed by atoms with Crippen LogP contribution in [0, 0.1) is 0 Å². The SMILES string of the molecule is c1ccc(-n2c3ccccc3c3c(-n4c5ccccc5c5c6ccccc6n([Si](c6ccccc6)(c6ccccc6)c6nccc7sc8ccccc8c67)c54)cccc32)cc1. The smallest absolute Gasteiger partial charge is 0.278 e. The third-order valence-corrected chi connectivity index (χ3v) is 18.4. The summed E-state index contributed by atoms with van der Waals surface area (Å²) in [6.07, 6.45) is 2.05. The highest BCUT2D eigenvalue weighted by atomic mass is 32.1. The first-order chi connectivity index (χ1) is 30.3. The zero-order chi connectivity index (χ0) is 40.1. The van der Waals surface area contributed by atoms with E-state index in [0.29, 0.717) is 0 Å². The van der Waals surface area contributed by atoms with E-state index in [2.05, 4.69) is 232 Å². The standard InChI is InChI=1S/C55H36N4SSi/c1-4-19-37(20-5-1)57-44-29-14-11-26-41(44)52-47(57)32-18-33-48(52)58-45-30-15-10-25-40(45)51-42-27-12-16-31-46(42)59(55(51)58)61(38-21-6-2-7-22-38,39-23-8-3-9-24-39)54-53-43-28-13-17-34-49(43)60-50(53)35-36-56-54/h1-36H. The van der Waals surface area contributed by atoms with Gasteiger partial charge in [0.1, 0.15) is 5.65 Å². The molecule has 0 saturated carbocycles. The Morgan fingerprint density at radius 3 is 1.59 bits per heavy atom. The number of pyridine rings is 1. The molecule has 6 heteroatoms. The van der Waals surface area contributed by atoms with E-state index in [1.54, 1.807) is 0 Å². The van der Waals surface area contributed by atoms with Gasteiger partial charge in [0.2, 0.25) is 0 Å². The van der Waals surface area contributed by atoms with Crippen LogP contribution in [0.3, 0.4) is 0 Å². The largest absolute Gasteiger partial charge is 0.340 e. The van der Waals surface area contributed by atoms with Gasteiger partial charge in [0, 0.05) is 64.5 Å². The van der Waals surface area contributed by atoms with Gasteiger partial charge in [-0.15, -0.1) is 11.3 Å². The van der Waals surface area contributed by atoms with E-state index >= 15 is 0 Å². The van der Waals surface area contributed by atoms with E-state index in [4.69, 9.17) is 4.98 Å². The molecule has 0 aliphatic carbocycles. The second-order valence-corrected chi connectivity index (χ2v) is 20.4. The van der Waals surface area contributed by atoms with Crippen LogP contribution >= 0.6 is 11.3 Å². The lowest BCUT2D eigenvalue weighted by Crippen LogP contribution is -2.73. The summed E-state index contributed by atoms with van der Waals surface area (Å²) in [7, 11) is -3.43. The maximum atomic E-state index is 5.64. The van der Waals surface area contributed by atoms with E-state index in [-0.39, 0.29) is 0 Å². The van der Waals surface area contributed by atoms with Crippen molar-refractivity contribution in [3.63, 3.8) is 0 Å². The van der Waals surface area contributed by atoms with Gasteiger partial charge >= 0.3 is 0 Å². The Labute approximate surface area is 356 Å². The highest BCUT2D eigenvalue weighted by molar-refractivity contribution is 7.26. The number of rotatable bonds is 6. The molecule has 0 unspecified atom stereocenters. The zero-order valence-electron chi connectivity index (χ0n) is 33.0. The van der Waals surface area contributed by atoms with Crippen molar-refractivity contribution in [1.29, 1.82) is 0 Å². The molecule has 286 valence electrons. The maximum absolute atomic E-state index is 5.64. The number of hydrogen-bond donors (Lipinski definition) is 0. The maximum Gasteiger partial charge on any atom is 0.278 e. The van der Waals surface area contributed by atoms with Gasteiger partial charge in [0.15, 0.2) is 0 Å². The summed E-state index contributed by atoms with van der Waals surface area (Å²) in [5.74, 6) is 0. The van der Waals surface area contributed by atoms with Crippen LogP contribution in [0.4, 0.5) is 0 Å². The Morgan fingerprint density at radius 1 is 0.377 bits per heavy atom. The van der Waals surface area contributed by atoms with Crippen LogP contribution in [-0.2, 0) is 0 Å². The minimum Gasteiger partial charge on any atom is -0.340 e. The van der Waals surface area contributed by atoms with Gasteiger partial charge in [-0.25, -0.2) is 0 Å². The Kier molecular flexibility index (Phi) is 7.46. The van der Waals surface area contributed by atoms with Gasteiger partial charge in [0.25, 0.3) is 8.24 Å². The Hall–Kier alpha value is -7.51. The summed E-state index contributed by atoms with van der Waals surface area (Å²) >= 11 is 1.86. The summed E-state index contributed by atoms with van der Waals surface area (Å²) in [4.78, 5) is 5.64. The minimum atomic E-state index is -3.43. The lowest BCUT2D eigenvalue weighted by Gasteiger charge is -2.36. The summed E-state index contributed by atoms with van der Waals surface area (Å²) in [5.41, 5.74) is 8.19. The monoisotopic (exact) mass is 812 g/mol. The summed E-state index contributed by atoms with van der Waals surface area (Å²) in [5, 5.41) is 12.3. The van der Waals surface area contributed by atoms with Crippen LogP contribution < -0.4 is 15.7 Å². The fourth-order valence-corrected chi connectivity index (χ4v) is 16.6. The van der Waals surface area contributed by atoms with Gasteiger partial charge in [0.05, 0.1) is 27.6 Å². The molecule has 0 spiro atoms. The molecule has 0 aliphatic rings. The molecule has 13 aromatic rings. The van der Waals surface area contributed by atoms with Crippen LogP contribution in [0.5, 0.6) is 0 Å². The molecule has 8 aromatic carbocycles. The minimum absolute atomic E-state index is 1.14. The van der Waals surface area contributed by atoms with Crippen LogP contribution in [0.25, 0.3) is 86.2 Å². The van der Waals surface area contributed by atoms with Crippen molar-refractivity contribution in [1.82, 2.24) is 18.4 Å². The fourth-order valence-electron chi connectivity index (χ4n) is 10.4. The Morgan fingerprint density at radius 2 is 0.902 bits per heavy atom. The van der Waals surface area contributed by atoms with Crippen molar-refractivity contribution >= 4 is 110 Å². The van der Waals surface area contributed by atoms with E-state index < -0.39 is 8.24 Å². The van der Waals surface area contributed by atoms with Crippen LogP contribution in [0.15, 0.2) is 219 Å². The highest BCUT2D eigenvalue weighted by Crippen LogP contribution is 2.44. The highest BCUT2D eigenvalue weighted by Gasteiger charge is 2.48. The first-order valence-electron chi connectivity index (χ1n) is 20.8. The number of thiophene rings is 1. The average molecular weight is 813 g/mol. The number of fused-ring (bicyclic) bond motifs is 11. The zero-order valence-corrected chi connectivity index (χ0v) is 34.8. The quantitative estimate of drug-likeness (QED) is 0.154. The van der Waals surface area contributed by atoms with Gasteiger partial charge in [-0.3, -0.25) is 9.55 Å². The topological polar surface area (TPSA) is 27.7 Å². The molecule has 0 aliphatic heterocycles. The van der Waals surface area contributed by atoms with Gasteiger partial charge in [-0.05, 0) is 65.0 Å². The first kappa shape index (κ1) is 34.4. The molecule has 5 heterocycles. The first-order valence-corrected chi connectivity index (χ1v) is 23.6. The number of nitrogens with zero attached hydrogens (tertiary/aromatic N) is 4. The number of hydrogen-bond acceptors (Lipinski definition) is 2. The van der Waals surface area contributed by atoms with Crippen LogP contribution in [0.2, 0.25) is 0 Å². The molecular weight excluding hydrogens is 777 g/mol. The average Bonchev–Trinajstić information content (AvgIpc) is 4.07. The third kappa shape index (κ3) is 4.71. The van der Waals surface area contributed by atoms with Crippen molar-refractivity contribution in [2.75, 3.05) is 0 Å². The molecule has 61 heavy (non-hydrogen) atoms. The van der Waals surface area contributed by atoms with Gasteiger partial charge in [-0.1, -0.05) is 158 Å². The molecule has 0 radical (unpaired) electrons. The molecule has 0 atom stereocenters. The molecule has 0 saturated heterocycles. The van der Waals surface area contributed by atoms with Crippen LogP contribution in [0.1, 0.15) is 0 Å². The normalized spacial score (nSPS) is 12.3. The molecule has 0 bridgehead atoms. The van der Waals surface area contributed by atoms with E-state index in [1.165, 1.54) is 85.2 Å². The lowest BCUT2D eigenvalue weighted by atomic mass is 10.1. The van der Waals surface area contributed by atoms with Crippen LogP contribution in [-0.4, -0.2) is 26.6 Å². The van der Waals surface area contributed by atoms with Crippen molar-refractivity contribution < 1.29 is 0 Å². The molecule has 13 rings (SSSR count). The third-order valence-electron chi connectivity index (χ3n) is 12.8. The van der Waals surface area contributed by atoms with Crippen molar-refractivity contribution in [3.05, 3.63) is 219 Å². The predicted octanol–water partition coefficient (Wildman–Crippen LogP) is 12.1. The number of aromatic nitrogens is 4. The van der Waals surface area contributed by atoms with Crippen molar-refractivity contribution in [2.45, 2.75) is 0 Å². The van der Waals surface area contributed by atoms with Crippen molar-refractivity contribution in [3.8, 4) is 11.4 Å². The van der Waals surface area contributed by atoms with Gasteiger partial charge < -0.3 is 8.80 Å². The Balaban J connectivity index is 1.30. The number of para-hydroxylation sites is 4. The summed E-state index contributed by atoms with van der Waals surface area (Å²) in [6, 6.07) is 78.2. The van der Waals surface area contributed by atoms with Gasteiger partial charge in [-0.2, -0.15) is 0 Å². The summed E-state index contributed by atoms with van der Waals surface area (Å²) in [6.45, 7) is 0. The summed E-state index contributed by atoms with van der Waals surface area (Å²) < 4.78 is 10.3. The lowest BCUT2D eigenvalue weighted by molar-refractivity contribution is 1.12. The van der Waals surface area contributed by atoms with E-state index in [0.717, 1.165) is 16.7 Å². The predicted molar refractivity (Wildman–Crippen MR) is 261 cm³/mol. The second kappa shape index (κ2) is 13.2. The molecule has 4 nitrogen and oxygen atoms in total. The number of benzene rings is 8. The Bertz CT molecular complexity index is 3780. The van der Waals surface area contributed by atoms with E-state index in [1.807, 2.05) is 11.3 Å². The second-order valence-electron chi connectivity index (χ2n) is 15.8. The molecule has 5 aromatic heterocycles. The molecule has 0 fully saturated rings.